The molecular formula is C22H24N4O3. The van der Waals surface area contributed by atoms with E-state index in [1.54, 1.807) is 18.2 Å². The summed E-state index contributed by atoms with van der Waals surface area (Å²) in [6, 6.07) is 18.3. The maximum Gasteiger partial charge on any atom is 0.316 e. The minimum atomic E-state index is -0.747. The second-order valence-corrected chi connectivity index (χ2v) is 6.42. The summed E-state index contributed by atoms with van der Waals surface area (Å²) in [5.74, 6) is 0. The van der Waals surface area contributed by atoms with E-state index < -0.39 is 24.3 Å². The fourth-order valence-corrected chi connectivity index (χ4v) is 2.73. The van der Waals surface area contributed by atoms with Gasteiger partial charge in [0.25, 0.3) is 0 Å². The fourth-order valence-electron chi connectivity index (χ4n) is 2.73. The Balaban J connectivity index is 1.54. The molecule has 1 aliphatic rings. The van der Waals surface area contributed by atoms with Crippen molar-refractivity contribution in [1.82, 2.24) is 21.3 Å². The van der Waals surface area contributed by atoms with Gasteiger partial charge in [-0.2, -0.15) is 0 Å². The number of amides is 4. The first-order chi connectivity index (χ1) is 14.2. The van der Waals surface area contributed by atoms with Crippen molar-refractivity contribution in [3.05, 3.63) is 96.3 Å². The first-order valence-corrected chi connectivity index (χ1v) is 9.36. The van der Waals surface area contributed by atoms with E-state index in [2.05, 4.69) is 21.3 Å². The number of benzene rings is 2. The van der Waals surface area contributed by atoms with Gasteiger partial charge in [-0.25, -0.2) is 9.59 Å². The normalized spacial score (nSPS) is 14.7. The van der Waals surface area contributed by atoms with Crippen LogP contribution in [0.1, 0.15) is 11.1 Å². The Morgan fingerprint density at radius 3 is 1.76 bits per heavy atom. The third kappa shape index (κ3) is 6.73. The fraction of sp³-hybridized carbons (Fsp3) is 0.182. The van der Waals surface area contributed by atoms with Crippen molar-refractivity contribution in [2.45, 2.75) is 25.4 Å². The Bertz CT molecular complexity index is 795. The Hall–Kier alpha value is -3.74. The van der Waals surface area contributed by atoms with E-state index in [1.165, 1.54) is 6.26 Å². The van der Waals surface area contributed by atoms with E-state index in [0.717, 1.165) is 11.1 Å². The molecule has 0 aliphatic carbocycles. The van der Waals surface area contributed by atoms with Crippen LogP contribution in [0.5, 0.6) is 0 Å². The quantitative estimate of drug-likeness (QED) is 0.546. The van der Waals surface area contributed by atoms with E-state index >= 15 is 0 Å². The molecule has 0 saturated carbocycles. The average molecular weight is 392 g/mol. The van der Waals surface area contributed by atoms with Crippen molar-refractivity contribution in [3.63, 3.8) is 0 Å². The number of allylic oxidation sites excluding steroid dienone is 2. The summed E-state index contributed by atoms with van der Waals surface area (Å²) < 4.78 is 5.52. The van der Waals surface area contributed by atoms with Gasteiger partial charge in [0.05, 0.1) is 6.26 Å². The predicted molar refractivity (Wildman–Crippen MR) is 111 cm³/mol. The number of urea groups is 2. The van der Waals surface area contributed by atoms with E-state index in [9.17, 15) is 9.59 Å². The molecule has 2 aromatic carbocycles. The van der Waals surface area contributed by atoms with Crippen LogP contribution in [0.25, 0.3) is 0 Å². The zero-order valence-corrected chi connectivity index (χ0v) is 15.9. The summed E-state index contributed by atoms with van der Waals surface area (Å²) in [6.45, 7) is 0.752. The highest BCUT2D eigenvalue weighted by Crippen LogP contribution is 2.06. The van der Waals surface area contributed by atoms with Crippen molar-refractivity contribution < 1.29 is 14.3 Å². The van der Waals surface area contributed by atoms with Gasteiger partial charge in [-0.15, -0.1) is 0 Å². The Morgan fingerprint density at radius 2 is 1.31 bits per heavy atom. The maximum absolute atomic E-state index is 12.3. The standard InChI is InChI=1S/C22H24N4O3/c27-21(23-15-17-9-3-1-4-10-17)25-20(19-13-7-8-14-29-19)26-22(28)24-16-18-11-5-2-6-12-18/h1-14,19-20H,15-16H2,(H2,23,25,27)(H2,24,26,28). The van der Waals surface area contributed by atoms with E-state index in [1.807, 2.05) is 60.7 Å². The molecule has 2 aromatic rings. The summed E-state index contributed by atoms with van der Waals surface area (Å²) in [6.07, 6.45) is 5.55. The molecule has 4 amide bonds. The SMILES string of the molecule is O=C(NCc1ccccc1)NC(NC(=O)NCc1ccccc1)C1C=CC=CO1. The van der Waals surface area contributed by atoms with Crippen LogP contribution < -0.4 is 21.3 Å². The number of hydrogen-bond acceptors (Lipinski definition) is 3. The smallest absolute Gasteiger partial charge is 0.316 e. The van der Waals surface area contributed by atoms with E-state index in [4.69, 9.17) is 4.74 Å². The average Bonchev–Trinajstić information content (AvgIpc) is 2.78. The number of hydrogen-bond donors (Lipinski definition) is 4. The molecule has 1 atom stereocenters. The van der Waals surface area contributed by atoms with Gasteiger partial charge in [-0.1, -0.05) is 66.7 Å². The van der Waals surface area contributed by atoms with E-state index in [-0.39, 0.29) is 0 Å². The highest BCUT2D eigenvalue weighted by molar-refractivity contribution is 5.77. The lowest BCUT2D eigenvalue weighted by Crippen LogP contribution is -2.58. The van der Waals surface area contributed by atoms with Gasteiger partial charge >= 0.3 is 12.1 Å². The van der Waals surface area contributed by atoms with Gasteiger partial charge in [0.2, 0.25) is 0 Å². The molecule has 150 valence electrons. The topological polar surface area (TPSA) is 91.5 Å². The van der Waals surface area contributed by atoms with Gasteiger partial charge in [-0.05, 0) is 23.3 Å². The molecule has 4 N–H and O–H groups in total. The molecule has 3 rings (SSSR count). The summed E-state index contributed by atoms with van der Waals surface area (Å²) in [5.41, 5.74) is 1.95. The van der Waals surface area contributed by atoms with Gasteiger partial charge in [-0.3, -0.25) is 0 Å². The second-order valence-electron chi connectivity index (χ2n) is 6.42. The molecule has 0 fully saturated rings. The number of nitrogens with one attached hydrogen (secondary N) is 4. The summed E-state index contributed by atoms with van der Waals surface area (Å²) in [7, 11) is 0. The third-order valence-corrected chi connectivity index (χ3v) is 4.22. The molecule has 7 nitrogen and oxygen atoms in total. The highest BCUT2D eigenvalue weighted by atomic mass is 16.5. The minimum absolute atomic E-state index is 0.376. The first-order valence-electron chi connectivity index (χ1n) is 9.36. The molecule has 0 spiro atoms. The van der Waals surface area contributed by atoms with Crippen LogP contribution >= 0.6 is 0 Å². The molecule has 1 heterocycles. The molecule has 0 aromatic heterocycles. The van der Waals surface area contributed by atoms with Gasteiger partial charge < -0.3 is 26.0 Å². The van der Waals surface area contributed by atoms with Crippen LogP contribution in [-0.2, 0) is 17.8 Å². The number of carbonyl (C=O) groups excluding carboxylic acids is 2. The third-order valence-electron chi connectivity index (χ3n) is 4.22. The summed E-state index contributed by atoms with van der Waals surface area (Å²) >= 11 is 0. The molecule has 1 unspecified atom stereocenters. The van der Waals surface area contributed by atoms with Gasteiger partial charge in [0.15, 0.2) is 6.10 Å². The van der Waals surface area contributed by atoms with Crippen molar-refractivity contribution in [1.29, 1.82) is 0 Å². The lowest BCUT2D eigenvalue weighted by molar-refractivity contribution is 0.129. The lowest BCUT2D eigenvalue weighted by atomic mass is 10.2. The molecule has 1 aliphatic heterocycles. The second kappa shape index (κ2) is 10.6. The Labute approximate surface area is 169 Å². The molecule has 7 heteroatoms. The Kier molecular flexibility index (Phi) is 7.28. The van der Waals surface area contributed by atoms with Crippen LogP contribution in [0, 0.1) is 0 Å². The molecular weight excluding hydrogens is 368 g/mol. The van der Waals surface area contributed by atoms with Crippen molar-refractivity contribution in [2.75, 3.05) is 0 Å². The van der Waals surface area contributed by atoms with Crippen LogP contribution in [0.4, 0.5) is 9.59 Å². The highest BCUT2D eigenvalue weighted by Gasteiger charge is 2.24. The number of carbonyl (C=O) groups is 2. The molecule has 29 heavy (non-hydrogen) atoms. The first kappa shape index (κ1) is 20.0. The maximum atomic E-state index is 12.3. The monoisotopic (exact) mass is 392 g/mol. The molecule has 0 saturated heterocycles. The zero-order chi connectivity index (χ0) is 20.3. The number of ether oxygens (including phenoxy) is 1. The molecule has 0 radical (unpaired) electrons. The Morgan fingerprint density at radius 1 is 0.793 bits per heavy atom. The lowest BCUT2D eigenvalue weighted by Gasteiger charge is -2.27. The van der Waals surface area contributed by atoms with Crippen molar-refractivity contribution in [3.8, 4) is 0 Å². The largest absolute Gasteiger partial charge is 0.490 e. The van der Waals surface area contributed by atoms with Crippen molar-refractivity contribution in [2.24, 2.45) is 0 Å². The zero-order valence-electron chi connectivity index (χ0n) is 15.9. The van der Waals surface area contributed by atoms with Crippen LogP contribution in [0.15, 0.2) is 85.2 Å². The van der Waals surface area contributed by atoms with Crippen LogP contribution in [0.2, 0.25) is 0 Å². The summed E-state index contributed by atoms with van der Waals surface area (Å²) in [5, 5.41) is 11.1. The van der Waals surface area contributed by atoms with Gasteiger partial charge in [0.1, 0.15) is 6.17 Å². The predicted octanol–water partition coefficient (Wildman–Crippen LogP) is 2.78. The molecule has 0 bridgehead atoms. The van der Waals surface area contributed by atoms with Crippen molar-refractivity contribution >= 4 is 12.1 Å². The van der Waals surface area contributed by atoms with Crippen LogP contribution in [0.3, 0.4) is 0 Å². The van der Waals surface area contributed by atoms with Crippen LogP contribution in [-0.4, -0.2) is 24.3 Å². The minimum Gasteiger partial charge on any atom is -0.490 e. The van der Waals surface area contributed by atoms with E-state index in [0.29, 0.717) is 13.1 Å². The van der Waals surface area contributed by atoms with Gasteiger partial charge in [0, 0.05) is 13.1 Å². The summed E-state index contributed by atoms with van der Waals surface area (Å²) in [4.78, 5) is 24.7. The number of rotatable bonds is 7.